The zero-order chi connectivity index (χ0) is 17.1. The number of fused-ring (bicyclic) bond motifs is 1. The molecular weight excluding hydrogens is 346 g/mol. The van der Waals surface area contributed by atoms with Crippen molar-refractivity contribution in [3.8, 4) is 0 Å². The Labute approximate surface area is 147 Å². The van der Waals surface area contributed by atoms with Gasteiger partial charge in [-0.2, -0.15) is 0 Å². The average molecular weight is 363 g/mol. The van der Waals surface area contributed by atoms with Crippen LogP contribution in [0.4, 0.5) is 4.79 Å². The van der Waals surface area contributed by atoms with Crippen LogP contribution in [0.2, 0.25) is 0 Å². The van der Waals surface area contributed by atoms with Gasteiger partial charge in [-0.1, -0.05) is 23.9 Å². The van der Waals surface area contributed by atoms with Crippen molar-refractivity contribution in [2.75, 3.05) is 12.4 Å². The summed E-state index contributed by atoms with van der Waals surface area (Å²) in [5.74, 6) is 0.0449. The smallest absolute Gasteiger partial charge is 0.337 e. The largest absolute Gasteiger partial charge is 0.463 e. The molecule has 1 aliphatic rings. The molecule has 2 amide bonds. The quantitative estimate of drug-likeness (QED) is 0.631. The van der Waals surface area contributed by atoms with Crippen molar-refractivity contribution >= 4 is 45.3 Å². The van der Waals surface area contributed by atoms with E-state index in [1.54, 1.807) is 25.2 Å². The molecule has 1 atom stereocenters. The Morgan fingerprint density at radius 3 is 2.96 bits per heavy atom. The minimum absolute atomic E-state index is 0.293. The molecule has 6 nitrogen and oxygen atoms in total. The molecule has 1 unspecified atom stereocenters. The number of aromatic nitrogens is 1. The fourth-order valence-corrected chi connectivity index (χ4v) is 4.48. The summed E-state index contributed by atoms with van der Waals surface area (Å²) in [5.41, 5.74) is 1.99. The van der Waals surface area contributed by atoms with Crippen molar-refractivity contribution in [1.82, 2.24) is 15.6 Å². The Kier molecular flexibility index (Phi) is 5.06. The molecule has 0 saturated heterocycles. The summed E-state index contributed by atoms with van der Waals surface area (Å²) in [6, 6.07) is 7.22. The van der Waals surface area contributed by atoms with Crippen molar-refractivity contribution < 1.29 is 14.3 Å². The van der Waals surface area contributed by atoms with Gasteiger partial charge < -0.3 is 15.4 Å². The number of carbonyl (C=O) groups excluding carboxylic acids is 2. The zero-order valence-corrected chi connectivity index (χ0v) is 14.9. The van der Waals surface area contributed by atoms with Crippen molar-refractivity contribution in [3.63, 3.8) is 0 Å². The summed E-state index contributed by atoms with van der Waals surface area (Å²) >= 11 is 3.09. The third kappa shape index (κ3) is 3.54. The number of thioether (sulfide) groups is 1. The topological polar surface area (TPSA) is 80.3 Å². The molecule has 1 aromatic heterocycles. The van der Waals surface area contributed by atoms with Gasteiger partial charge in [-0.15, -0.1) is 11.3 Å². The van der Waals surface area contributed by atoms with E-state index in [-0.39, 0.29) is 12.1 Å². The number of rotatable bonds is 5. The summed E-state index contributed by atoms with van der Waals surface area (Å²) in [5, 5.41) is 5.41. The lowest BCUT2D eigenvalue weighted by Gasteiger charge is -2.26. The zero-order valence-electron chi connectivity index (χ0n) is 13.3. The maximum Gasteiger partial charge on any atom is 0.337 e. The highest BCUT2D eigenvalue weighted by Crippen LogP contribution is 2.31. The van der Waals surface area contributed by atoms with E-state index < -0.39 is 5.97 Å². The average Bonchev–Trinajstić information content (AvgIpc) is 2.95. The van der Waals surface area contributed by atoms with E-state index in [0.717, 1.165) is 14.6 Å². The molecule has 0 bridgehead atoms. The van der Waals surface area contributed by atoms with Gasteiger partial charge in [0.15, 0.2) is 4.34 Å². The lowest BCUT2D eigenvalue weighted by Crippen LogP contribution is -2.49. The minimum atomic E-state index is -0.405. The van der Waals surface area contributed by atoms with E-state index in [4.69, 9.17) is 4.74 Å². The van der Waals surface area contributed by atoms with Crippen molar-refractivity contribution in [1.29, 1.82) is 0 Å². The fourth-order valence-electron chi connectivity index (χ4n) is 2.44. The van der Waals surface area contributed by atoms with Crippen LogP contribution in [0.15, 0.2) is 39.9 Å². The van der Waals surface area contributed by atoms with Gasteiger partial charge in [0.1, 0.15) is 0 Å². The molecule has 3 rings (SSSR count). The highest BCUT2D eigenvalue weighted by Gasteiger charge is 2.29. The summed E-state index contributed by atoms with van der Waals surface area (Å²) < 4.78 is 7.12. The highest BCUT2D eigenvalue weighted by atomic mass is 32.2. The molecule has 0 spiro atoms. The Bertz CT molecular complexity index is 783. The Morgan fingerprint density at radius 2 is 2.21 bits per heavy atom. The predicted octanol–water partition coefficient (Wildman–Crippen LogP) is 2.91. The van der Waals surface area contributed by atoms with Gasteiger partial charge in [0.25, 0.3) is 0 Å². The van der Waals surface area contributed by atoms with E-state index in [1.165, 1.54) is 11.8 Å². The molecule has 0 aliphatic carbocycles. The Morgan fingerprint density at radius 1 is 1.42 bits per heavy atom. The monoisotopic (exact) mass is 363 g/mol. The van der Waals surface area contributed by atoms with E-state index in [9.17, 15) is 9.59 Å². The summed E-state index contributed by atoms with van der Waals surface area (Å²) in [4.78, 5) is 28.5. The first-order valence-electron chi connectivity index (χ1n) is 7.54. The number of esters is 1. The first-order chi connectivity index (χ1) is 11.6. The lowest BCUT2D eigenvalue weighted by molar-refractivity contribution is -0.138. The second-order valence-corrected chi connectivity index (χ2v) is 7.42. The number of benzene rings is 1. The molecule has 2 heterocycles. The number of hydrogen-bond donors (Lipinski definition) is 2. The highest BCUT2D eigenvalue weighted by molar-refractivity contribution is 8.01. The first kappa shape index (κ1) is 16.8. The number of amides is 2. The van der Waals surface area contributed by atoms with Crippen LogP contribution in [-0.2, 0) is 9.53 Å². The number of nitrogens with zero attached hydrogens (tertiary/aromatic N) is 1. The summed E-state index contributed by atoms with van der Waals surface area (Å²) in [7, 11) is 0. The van der Waals surface area contributed by atoms with E-state index in [2.05, 4.69) is 15.6 Å². The standard InChI is InChI=1S/C16H17N3O3S2/c1-3-22-14(20)13-9(2)17-15(21)18-11(13)8-23-16-19-10-6-4-5-7-12(10)24-16/h4-7,9H,3,8H2,1-2H3,(H2,17,18,21). The molecular formula is C16H17N3O3S2. The summed E-state index contributed by atoms with van der Waals surface area (Å²) in [6.45, 7) is 3.82. The molecule has 24 heavy (non-hydrogen) atoms. The van der Waals surface area contributed by atoms with Crippen LogP contribution in [0.25, 0.3) is 10.2 Å². The minimum Gasteiger partial charge on any atom is -0.463 e. The molecule has 0 fully saturated rings. The van der Waals surface area contributed by atoms with Gasteiger partial charge >= 0.3 is 12.0 Å². The number of urea groups is 1. The van der Waals surface area contributed by atoms with Crippen LogP contribution in [-0.4, -0.2) is 35.4 Å². The molecule has 2 aromatic rings. The van der Waals surface area contributed by atoms with Crippen LogP contribution in [0.3, 0.4) is 0 Å². The maximum atomic E-state index is 12.2. The number of thiazole rings is 1. The van der Waals surface area contributed by atoms with Gasteiger partial charge in [-0.05, 0) is 26.0 Å². The molecule has 1 aromatic carbocycles. The van der Waals surface area contributed by atoms with Crippen LogP contribution in [0, 0.1) is 0 Å². The lowest BCUT2D eigenvalue weighted by atomic mass is 10.1. The second-order valence-electron chi connectivity index (χ2n) is 5.17. The first-order valence-corrected chi connectivity index (χ1v) is 9.34. The van der Waals surface area contributed by atoms with Crippen molar-refractivity contribution in [3.05, 3.63) is 35.5 Å². The van der Waals surface area contributed by atoms with Crippen molar-refractivity contribution in [2.24, 2.45) is 0 Å². The molecule has 2 N–H and O–H groups in total. The SMILES string of the molecule is CCOC(=O)C1=C(CSc2nc3ccccc3s2)NC(=O)NC1C. The molecule has 8 heteroatoms. The van der Waals surface area contributed by atoms with Crippen LogP contribution < -0.4 is 10.6 Å². The van der Waals surface area contributed by atoms with Gasteiger partial charge in [0.05, 0.1) is 28.4 Å². The van der Waals surface area contributed by atoms with Gasteiger partial charge in [-0.3, -0.25) is 0 Å². The number of para-hydroxylation sites is 1. The van der Waals surface area contributed by atoms with Gasteiger partial charge in [0.2, 0.25) is 0 Å². The van der Waals surface area contributed by atoms with Crippen molar-refractivity contribution in [2.45, 2.75) is 24.2 Å². The molecule has 126 valence electrons. The molecule has 0 saturated carbocycles. The maximum absolute atomic E-state index is 12.2. The third-order valence-corrected chi connectivity index (χ3v) is 5.69. The van der Waals surface area contributed by atoms with Crippen LogP contribution in [0.5, 0.6) is 0 Å². The number of hydrogen-bond acceptors (Lipinski definition) is 6. The fraction of sp³-hybridized carbons (Fsp3) is 0.312. The normalized spacial score (nSPS) is 17.6. The molecule has 1 aliphatic heterocycles. The van der Waals surface area contributed by atoms with E-state index >= 15 is 0 Å². The Hall–Kier alpha value is -2.06. The number of nitrogens with one attached hydrogen (secondary N) is 2. The second kappa shape index (κ2) is 7.23. The van der Waals surface area contributed by atoms with E-state index in [0.29, 0.717) is 23.6 Å². The number of ether oxygens (including phenoxy) is 1. The third-order valence-electron chi connectivity index (χ3n) is 3.48. The predicted molar refractivity (Wildman–Crippen MR) is 95.1 cm³/mol. The Balaban J connectivity index is 1.82. The van der Waals surface area contributed by atoms with Crippen LogP contribution >= 0.6 is 23.1 Å². The van der Waals surface area contributed by atoms with Gasteiger partial charge in [0, 0.05) is 11.4 Å². The molecule has 0 radical (unpaired) electrons. The van der Waals surface area contributed by atoms with Gasteiger partial charge in [-0.25, -0.2) is 14.6 Å². The number of carbonyl (C=O) groups is 2. The van der Waals surface area contributed by atoms with Crippen LogP contribution in [0.1, 0.15) is 13.8 Å². The van der Waals surface area contributed by atoms with E-state index in [1.807, 2.05) is 24.3 Å². The summed E-state index contributed by atoms with van der Waals surface area (Å²) in [6.07, 6.45) is 0.